The van der Waals surface area contributed by atoms with Gasteiger partial charge in [0, 0.05) is 11.9 Å². The molecule has 34 heavy (non-hydrogen) atoms. The molecular weight excluding hydrogens is 458 g/mol. The highest BCUT2D eigenvalue weighted by molar-refractivity contribution is 6.09. The number of anilines is 3. The van der Waals surface area contributed by atoms with Crippen molar-refractivity contribution in [2.24, 2.45) is 0 Å². The van der Waals surface area contributed by atoms with E-state index in [1.165, 1.54) is 18.3 Å². The molecule has 3 N–H and O–H groups in total. The molecule has 1 aromatic carbocycles. The lowest BCUT2D eigenvalue weighted by Crippen LogP contribution is -2.49. The Balaban J connectivity index is 1.82. The van der Waals surface area contributed by atoms with Gasteiger partial charge in [-0.05, 0) is 51.1 Å². The Morgan fingerprint density at radius 1 is 1.18 bits per heavy atom. The summed E-state index contributed by atoms with van der Waals surface area (Å²) in [5, 5.41) is 14.0. The third-order valence-corrected chi connectivity index (χ3v) is 4.57. The summed E-state index contributed by atoms with van der Waals surface area (Å²) in [5.74, 6) is -0.163. The first-order valence-electron chi connectivity index (χ1n) is 10.4. The molecule has 0 radical (unpaired) electrons. The number of nitrogens with one attached hydrogen (secondary N) is 3. The number of rotatable bonds is 7. The number of alkyl carbamates (subject to hydrolysis) is 1. The van der Waals surface area contributed by atoms with Crippen molar-refractivity contribution >= 4 is 29.0 Å². The van der Waals surface area contributed by atoms with Gasteiger partial charge in [0.05, 0.1) is 36.6 Å². The van der Waals surface area contributed by atoms with Crippen LogP contribution in [0, 0.1) is 5.41 Å². The summed E-state index contributed by atoms with van der Waals surface area (Å²) >= 11 is 0. The molecule has 0 spiro atoms. The largest absolute Gasteiger partial charge is 0.573 e. The molecule has 184 valence electrons. The maximum atomic E-state index is 13.5. The number of amides is 1. The first-order valence-corrected chi connectivity index (χ1v) is 10.4. The van der Waals surface area contributed by atoms with E-state index >= 15 is 0 Å². The molecule has 1 aromatic heterocycles. The molecule has 2 heterocycles. The van der Waals surface area contributed by atoms with Crippen molar-refractivity contribution in [3.8, 4) is 5.75 Å². The van der Waals surface area contributed by atoms with Gasteiger partial charge in [0.25, 0.3) is 0 Å². The predicted octanol–water partition coefficient (Wildman–Crippen LogP) is 4.77. The lowest BCUT2D eigenvalue weighted by atomic mass is 10.0. The van der Waals surface area contributed by atoms with Crippen molar-refractivity contribution in [1.29, 1.82) is 5.41 Å². The second-order valence-corrected chi connectivity index (χ2v) is 8.59. The van der Waals surface area contributed by atoms with Crippen LogP contribution in [0.15, 0.2) is 36.5 Å². The molecule has 8 nitrogen and oxygen atoms in total. The van der Waals surface area contributed by atoms with Gasteiger partial charge in [-0.25, -0.2) is 14.2 Å². The summed E-state index contributed by atoms with van der Waals surface area (Å²) in [6, 6.07) is 6.64. The predicted molar refractivity (Wildman–Crippen MR) is 119 cm³/mol. The smallest absolute Gasteiger partial charge is 0.444 e. The average Bonchev–Trinajstić information content (AvgIpc) is 2.68. The van der Waals surface area contributed by atoms with Crippen molar-refractivity contribution in [3.63, 3.8) is 0 Å². The molecule has 2 aromatic rings. The number of alkyl halides is 4. The number of ether oxygens (including phenoxy) is 2. The Morgan fingerprint density at radius 2 is 1.82 bits per heavy atom. The van der Waals surface area contributed by atoms with Crippen LogP contribution in [0.25, 0.3) is 0 Å². The molecule has 12 heteroatoms. The van der Waals surface area contributed by atoms with Crippen LogP contribution in [0.4, 0.5) is 39.5 Å². The first kappa shape index (κ1) is 25.1. The van der Waals surface area contributed by atoms with Crippen LogP contribution >= 0.6 is 0 Å². The van der Waals surface area contributed by atoms with Crippen LogP contribution in [0.3, 0.4) is 0 Å². The molecule has 0 atom stereocenters. The lowest BCUT2D eigenvalue weighted by molar-refractivity contribution is -0.274. The second kappa shape index (κ2) is 9.74. The van der Waals surface area contributed by atoms with Gasteiger partial charge in [0.2, 0.25) is 0 Å². The van der Waals surface area contributed by atoms with Gasteiger partial charge < -0.3 is 30.4 Å². The van der Waals surface area contributed by atoms with E-state index in [4.69, 9.17) is 10.1 Å². The van der Waals surface area contributed by atoms with E-state index in [0.29, 0.717) is 16.9 Å². The van der Waals surface area contributed by atoms with Crippen LogP contribution in [-0.2, 0) is 4.74 Å². The van der Waals surface area contributed by atoms with Crippen molar-refractivity contribution in [3.05, 3.63) is 42.1 Å². The minimum absolute atomic E-state index is 0.0178. The normalized spacial score (nSPS) is 14.3. The quantitative estimate of drug-likeness (QED) is 0.388. The maximum absolute atomic E-state index is 13.5. The minimum Gasteiger partial charge on any atom is -0.444 e. The molecule has 1 saturated heterocycles. The number of aromatic nitrogens is 1. The first-order chi connectivity index (χ1) is 15.8. The monoisotopic (exact) mass is 483 g/mol. The standard InChI is InChI=1S/C22H25F4N5O3/c1-21(2,3)34-20(32)29-10-16(27)18-17(31-11-13(23)12-31)8-9-28-19(18)30-14-4-6-15(7-5-14)33-22(24,25)26/h4-9,13,27H,10-12H2,1-3H3,(H,28,30)(H,29,32). The third-order valence-electron chi connectivity index (χ3n) is 4.57. The Morgan fingerprint density at radius 3 is 2.38 bits per heavy atom. The van der Waals surface area contributed by atoms with Gasteiger partial charge in [-0.15, -0.1) is 13.2 Å². The van der Waals surface area contributed by atoms with Crippen LogP contribution < -0.4 is 20.3 Å². The van der Waals surface area contributed by atoms with Crippen molar-refractivity contribution in [2.75, 3.05) is 29.9 Å². The Hall–Kier alpha value is -3.57. The zero-order valence-electron chi connectivity index (χ0n) is 18.8. The van der Waals surface area contributed by atoms with E-state index in [2.05, 4.69) is 20.4 Å². The average molecular weight is 483 g/mol. The van der Waals surface area contributed by atoms with E-state index in [0.717, 1.165) is 12.1 Å². The fourth-order valence-corrected chi connectivity index (χ4v) is 3.17. The summed E-state index contributed by atoms with van der Waals surface area (Å²) in [6.07, 6.45) is -5.03. The van der Waals surface area contributed by atoms with E-state index in [1.54, 1.807) is 31.7 Å². The fraction of sp³-hybridized carbons (Fsp3) is 0.409. The molecule has 1 fully saturated rings. The number of hydrogen-bond acceptors (Lipinski definition) is 7. The highest BCUT2D eigenvalue weighted by Gasteiger charge is 2.32. The Labute approximate surface area is 193 Å². The molecule has 0 unspecified atom stereocenters. The number of nitrogens with zero attached hydrogens (tertiary/aromatic N) is 2. The number of hydrogen-bond donors (Lipinski definition) is 3. The third kappa shape index (κ3) is 6.96. The van der Waals surface area contributed by atoms with E-state index in [-0.39, 0.29) is 36.9 Å². The van der Waals surface area contributed by atoms with Gasteiger partial charge in [0.1, 0.15) is 23.3 Å². The fourth-order valence-electron chi connectivity index (χ4n) is 3.17. The number of carbonyl (C=O) groups is 1. The van der Waals surface area contributed by atoms with Gasteiger partial charge in [0.15, 0.2) is 0 Å². The summed E-state index contributed by atoms with van der Waals surface area (Å²) < 4.78 is 59.8. The second-order valence-electron chi connectivity index (χ2n) is 8.59. The number of carbonyl (C=O) groups excluding carboxylic acids is 1. The molecular formula is C22H25F4N5O3. The van der Waals surface area contributed by atoms with E-state index in [1.807, 2.05) is 0 Å². The molecule has 1 amide bonds. The van der Waals surface area contributed by atoms with Gasteiger partial charge in [-0.1, -0.05) is 0 Å². The van der Waals surface area contributed by atoms with Crippen molar-refractivity contribution in [1.82, 2.24) is 10.3 Å². The Bertz CT molecular complexity index is 1030. The number of benzene rings is 1. The topological polar surface area (TPSA) is 99.6 Å². The molecule has 0 aliphatic carbocycles. The summed E-state index contributed by atoms with van der Waals surface area (Å²) in [6.45, 7) is 5.23. The Kier molecular flexibility index (Phi) is 7.18. The molecule has 0 saturated carbocycles. The van der Waals surface area contributed by atoms with Gasteiger partial charge in [-0.2, -0.15) is 0 Å². The van der Waals surface area contributed by atoms with Crippen molar-refractivity contribution in [2.45, 2.75) is 38.9 Å². The highest BCUT2D eigenvalue weighted by atomic mass is 19.4. The van der Waals surface area contributed by atoms with Crippen LogP contribution in [0.1, 0.15) is 26.3 Å². The van der Waals surface area contributed by atoms with Crippen molar-refractivity contribution < 1.29 is 31.8 Å². The van der Waals surface area contributed by atoms with E-state index in [9.17, 15) is 22.4 Å². The lowest BCUT2D eigenvalue weighted by Gasteiger charge is -2.38. The molecule has 3 rings (SSSR count). The summed E-state index contributed by atoms with van der Waals surface area (Å²) in [7, 11) is 0. The van der Waals surface area contributed by atoms with Gasteiger partial charge in [-0.3, -0.25) is 0 Å². The van der Waals surface area contributed by atoms with E-state index < -0.39 is 24.2 Å². The maximum Gasteiger partial charge on any atom is 0.573 e. The molecule has 0 bridgehead atoms. The zero-order chi connectivity index (χ0) is 25.1. The van der Waals surface area contributed by atoms with Crippen LogP contribution in [-0.4, -0.2) is 54.6 Å². The summed E-state index contributed by atoms with van der Waals surface area (Å²) in [5.41, 5.74) is 0.519. The SMILES string of the molecule is CC(C)(C)OC(=O)NCC(=N)c1c(N2CC(F)C2)ccnc1Nc1ccc(OC(F)(F)F)cc1. The summed E-state index contributed by atoms with van der Waals surface area (Å²) in [4.78, 5) is 18.0. The zero-order valence-corrected chi connectivity index (χ0v) is 18.8. The number of pyridine rings is 1. The molecule has 1 aliphatic heterocycles. The van der Waals surface area contributed by atoms with Crippen LogP contribution in [0.2, 0.25) is 0 Å². The molecule has 1 aliphatic rings. The minimum atomic E-state index is -4.81. The van der Waals surface area contributed by atoms with Crippen LogP contribution in [0.5, 0.6) is 5.75 Å². The van der Waals surface area contributed by atoms with Gasteiger partial charge >= 0.3 is 12.5 Å². The number of halogens is 4. The highest BCUT2D eigenvalue weighted by Crippen LogP contribution is 2.32.